The van der Waals surface area contributed by atoms with Crippen LogP contribution < -0.4 is 5.32 Å². The zero-order valence-electron chi connectivity index (χ0n) is 22.6. The number of amides is 1. The van der Waals surface area contributed by atoms with Gasteiger partial charge in [0.05, 0.1) is 18.2 Å². The Morgan fingerprint density at radius 2 is 1.64 bits per heavy atom. The van der Waals surface area contributed by atoms with E-state index in [1.807, 2.05) is 6.07 Å². The summed E-state index contributed by atoms with van der Waals surface area (Å²) in [5.41, 5.74) is -0.682. The molecule has 2 rings (SSSR count). The smallest absolute Gasteiger partial charge is 0.419 e. The number of carbonyl (C=O) groups is 3. The number of esters is 1. The quantitative estimate of drug-likeness (QED) is 0.430. The van der Waals surface area contributed by atoms with Crippen LogP contribution in [0.3, 0.4) is 0 Å². The molecule has 0 aliphatic heterocycles. The Hall–Kier alpha value is -3.33. The molecule has 1 aromatic heterocycles. The molecule has 2 N–H and O–H groups in total. The SMILES string of the molecule is COC(=O)[C@H](Cc1cn(C(=O)OC(C)(C)C)c2cccc(/C=C/C(C)(C)O)c12)NC(=O)OC(C)(C)C. The van der Waals surface area contributed by atoms with Crippen molar-refractivity contribution in [2.24, 2.45) is 0 Å². The third-order valence-corrected chi connectivity index (χ3v) is 4.80. The molecule has 0 aliphatic rings. The fraction of sp³-hybridized carbons (Fsp3) is 0.519. The predicted molar refractivity (Wildman–Crippen MR) is 138 cm³/mol. The van der Waals surface area contributed by atoms with Crippen molar-refractivity contribution in [1.29, 1.82) is 0 Å². The highest BCUT2D eigenvalue weighted by Gasteiger charge is 2.28. The maximum atomic E-state index is 13.0. The Kier molecular flexibility index (Phi) is 8.62. The summed E-state index contributed by atoms with van der Waals surface area (Å²) in [5.74, 6) is -0.663. The minimum Gasteiger partial charge on any atom is -0.467 e. The number of aliphatic hydroxyl groups is 1. The van der Waals surface area contributed by atoms with Gasteiger partial charge in [-0.3, -0.25) is 4.57 Å². The van der Waals surface area contributed by atoms with E-state index >= 15 is 0 Å². The van der Waals surface area contributed by atoms with Gasteiger partial charge in [0.1, 0.15) is 17.2 Å². The molecule has 0 saturated carbocycles. The number of rotatable bonds is 6. The van der Waals surface area contributed by atoms with Crippen molar-refractivity contribution in [3.8, 4) is 0 Å². The highest BCUT2D eigenvalue weighted by Crippen LogP contribution is 2.29. The summed E-state index contributed by atoms with van der Waals surface area (Å²) >= 11 is 0. The molecule has 1 atom stereocenters. The molecular weight excluding hydrogens is 464 g/mol. The van der Waals surface area contributed by atoms with E-state index in [2.05, 4.69) is 5.32 Å². The largest absolute Gasteiger partial charge is 0.467 e. The third kappa shape index (κ3) is 8.41. The predicted octanol–water partition coefficient (Wildman–Crippen LogP) is 4.82. The lowest BCUT2D eigenvalue weighted by atomic mass is 9.99. The first-order valence-corrected chi connectivity index (χ1v) is 11.8. The molecule has 0 bridgehead atoms. The molecule has 1 heterocycles. The molecule has 0 radical (unpaired) electrons. The van der Waals surface area contributed by atoms with E-state index in [0.717, 1.165) is 0 Å². The van der Waals surface area contributed by atoms with Crippen molar-refractivity contribution in [2.45, 2.75) is 84.7 Å². The number of hydrogen-bond donors (Lipinski definition) is 2. The van der Waals surface area contributed by atoms with E-state index in [9.17, 15) is 19.5 Å². The van der Waals surface area contributed by atoms with Gasteiger partial charge in [0, 0.05) is 18.0 Å². The number of fused-ring (bicyclic) bond motifs is 1. The van der Waals surface area contributed by atoms with Crippen molar-refractivity contribution in [2.75, 3.05) is 7.11 Å². The van der Waals surface area contributed by atoms with Crippen LogP contribution in [-0.4, -0.2) is 57.8 Å². The van der Waals surface area contributed by atoms with Crippen LogP contribution in [0.2, 0.25) is 0 Å². The molecule has 9 nitrogen and oxygen atoms in total. The Bertz CT molecular complexity index is 1140. The second-order valence-electron chi connectivity index (χ2n) is 11.2. The van der Waals surface area contributed by atoms with Crippen molar-refractivity contribution in [3.05, 3.63) is 41.6 Å². The number of hydrogen-bond acceptors (Lipinski definition) is 7. The van der Waals surface area contributed by atoms with Gasteiger partial charge < -0.3 is 24.6 Å². The third-order valence-electron chi connectivity index (χ3n) is 4.80. The van der Waals surface area contributed by atoms with Crippen LogP contribution in [0, 0.1) is 0 Å². The zero-order chi connectivity index (χ0) is 27.5. The van der Waals surface area contributed by atoms with Crippen LogP contribution in [0.15, 0.2) is 30.5 Å². The summed E-state index contributed by atoms with van der Waals surface area (Å²) in [7, 11) is 1.23. The number of nitrogens with one attached hydrogen (secondary N) is 1. The molecule has 198 valence electrons. The first kappa shape index (κ1) is 28.9. The van der Waals surface area contributed by atoms with Crippen LogP contribution in [0.4, 0.5) is 9.59 Å². The number of benzene rings is 1. The van der Waals surface area contributed by atoms with Gasteiger partial charge in [-0.25, -0.2) is 14.4 Å². The van der Waals surface area contributed by atoms with Gasteiger partial charge in [-0.05, 0) is 72.6 Å². The highest BCUT2D eigenvalue weighted by atomic mass is 16.6. The first-order chi connectivity index (χ1) is 16.4. The maximum Gasteiger partial charge on any atom is 0.419 e. The van der Waals surface area contributed by atoms with E-state index in [0.29, 0.717) is 22.0 Å². The topological polar surface area (TPSA) is 116 Å². The van der Waals surface area contributed by atoms with Gasteiger partial charge in [-0.1, -0.05) is 24.3 Å². The second-order valence-corrected chi connectivity index (χ2v) is 11.2. The van der Waals surface area contributed by atoms with Crippen LogP contribution in [0.5, 0.6) is 0 Å². The van der Waals surface area contributed by atoms with E-state index in [1.54, 1.807) is 85.9 Å². The molecule has 1 amide bonds. The molecule has 9 heteroatoms. The fourth-order valence-corrected chi connectivity index (χ4v) is 3.45. The minimum atomic E-state index is -1.08. The van der Waals surface area contributed by atoms with Gasteiger partial charge >= 0.3 is 18.2 Å². The van der Waals surface area contributed by atoms with E-state index in [-0.39, 0.29) is 6.42 Å². The highest BCUT2D eigenvalue weighted by molar-refractivity contribution is 5.97. The molecule has 0 unspecified atom stereocenters. The lowest BCUT2D eigenvalue weighted by Crippen LogP contribution is -2.45. The van der Waals surface area contributed by atoms with Crippen molar-refractivity contribution < 1.29 is 33.7 Å². The number of carbonyl (C=O) groups excluding carboxylic acids is 3. The molecular formula is C27H38N2O7. The molecule has 0 aliphatic carbocycles. The molecule has 0 spiro atoms. The number of alkyl carbamates (subject to hydrolysis) is 1. The standard InChI is InChI=1S/C27H38N2O7/c1-25(2,3)35-23(31)28-19(22(30)34-9)15-18-16-29(24(32)36-26(4,5)6)20-12-10-11-17(21(18)20)13-14-27(7,8)33/h10-14,16,19,33H,15H2,1-9H3,(H,28,31)/b14-13+/t19-/m0/s1. The monoisotopic (exact) mass is 502 g/mol. The Morgan fingerprint density at radius 1 is 1.03 bits per heavy atom. The van der Waals surface area contributed by atoms with Crippen molar-refractivity contribution in [3.63, 3.8) is 0 Å². The van der Waals surface area contributed by atoms with Crippen molar-refractivity contribution >= 4 is 35.1 Å². The van der Waals surface area contributed by atoms with E-state index in [4.69, 9.17) is 14.2 Å². The number of methoxy groups -OCH3 is 1. The first-order valence-electron chi connectivity index (χ1n) is 11.8. The van der Waals surface area contributed by atoms with Crippen LogP contribution in [0.1, 0.15) is 66.5 Å². The Labute approximate surface area is 212 Å². The van der Waals surface area contributed by atoms with Crippen LogP contribution in [-0.2, 0) is 25.4 Å². The van der Waals surface area contributed by atoms with Gasteiger partial charge in [0.25, 0.3) is 0 Å². The number of aromatic nitrogens is 1. The molecule has 2 aromatic rings. The Morgan fingerprint density at radius 3 is 2.17 bits per heavy atom. The molecule has 36 heavy (non-hydrogen) atoms. The number of ether oxygens (including phenoxy) is 3. The summed E-state index contributed by atoms with van der Waals surface area (Å²) in [6, 6.07) is 4.31. The Balaban J connectivity index is 2.62. The summed E-state index contributed by atoms with van der Waals surface area (Å²) < 4.78 is 17.2. The minimum absolute atomic E-state index is 0.0194. The maximum absolute atomic E-state index is 13.0. The zero-order valence-corrected chi connectivity index (χ0v) is 22.6. The lowest BCUT2D eigenvalue weighted by Gasteiger charge is -2.22. The molecule has 0 saturated heterocycles. The van der Waals surface area contributed by atoms with Gasteiger partial charge in [-0.2, -0.15) is 0 Å². The van der Waals surface area contributed by atoms with E-state index < -0.39 is 41.0 Å². The molecule has 1 aromatic carbocycles. The van der Waals surface area contributed by atoms with Crippen LogP contribution in [0.25, 0.3) is 17.0 Å². The average Bonchev–Trinajstić information content (AvgIpc) is 3.07. The average molecular weight is 503 g/mol. The summed E-state index contributed by atoms with van der Waals surface area (Å²) in [6.07, 6.45) is 3.64. The normalized spacial score (nSPS) is 13.5. The van der Waals surface area contributed by atoms with E-state index in [1.165, 1.54) is 11.7 Å². The summed E-state index contributed by atoms with van der Waals surface area (Å²) in [6.45, 7) is 13.8. The summed E-state index contributed by atoms with van der Waals surface area (Å²) in [4.78, 5) is 38.0. The van der Waals surface area contributed by atoms with Gasteiger partial charge in [0.15, 0.2) is 0 Å². The fourth-order valence-electron chi connectivity index (χ4n) is 3.45. The number of nitrogens with zero attached hydrogens (tertiary/aromatic N) is 1. The summed E-state index contributed by atoms with van der Waals surface area (Å²) in [5, 5.41) is 13.4. The van der Waals surface area contributed by atoms with Gasteiger partial charge in [0.2, 0.25) is 0 Å². The van der Waals surface area contributed by atoms with Gasteiger partial charge in [-0.15, -0.1) is 0 Å². The lowest BCUT2D eigenvalue weighted by molar-refractivity contribution is -0.143. The second kappa shape index (κ2) is 10.7. The van der Waals surface area contributed by atoms with Crippen LogP contribution >= 0.6 is 0 Å². The molecule has 0 fully saturated rings. The van der Waals surface area contributed by atoms with Crippen molar-refractivity contribution in [1.82, 2.24) is 9.88 Å².